The van der Waals surface area contributed by atoms with E-state index in [1.165, 1.54) is 0 Å². The lowest BCUT2D eigenvalue weighted by atomic mass is 9.83. The molecule has 1 saturated heterocycles. The second kappa shape index (κ2) is 9.27. The number of fused-ring (bicyclic) bond motifs is 2. The fourth-order valence-corrected chi connectivity index (χ4v) is 5.00. The van der Waals surface area contributed by atoms with Crippen LogP contribution in [0.3, 0.4) is 0 Å². The second-order valence-electron chi connectivity index (χ2n) is 8.56. The Morgan fingerprint density at radius 3 is 2.69 bits per heavy atom. The van der Waals surface area contributed by atoms with Gasteiger partial charge in [-0.2, -0.15) is 0 Å². The highest BCUT2D eigenvalue weighted by molar-refractivity contribution is 6.07. The van der Waals surface area contributed by atoms with Gasteiger partial charge < -0.3 is 19.6 Å². The van der Waals surface area contributed by atoms with Gasteiger partial charge in [-0.05, 0) is 18.1 Å². The van der Waals surface area contributed by atoms with Crippen molar-refractivity contribution in [3.8, 4) is 0 Å². The van der Waals surface area contributed by atoms with Crippen LogP contribution in [0.25, 0.3) is 0 Å². The lowest BCUT2D eigenvalue weighted by molar-refractivity contribution is -0.149. The summed E-state index contributed by atoms with van der Waals surface area (Å²) in [6.45, 7) is 6.81. The molecular formula is C26H30N2O4. The standard InChI is InChI=1S/C26H30N2O4/c1-3-13-28-23-12-8-7-11-22(23)26(25(28)31)19(2)16-21(32-26)17-24(30)27(14-15-29)18-20-9-5-4-6-10-20/h3-12,19,21,29H,1,13-18H2,2H3/t19-,21-,26+/m0/s1. The Balaban J connectivity index is 1.53. The van der Waals surface area contributed by atoms with Gasteiger partial charge in [0.15, 0.2) is 5.60 Å². The Bertz CT molecular complexity index is 992. The SMILES string of the molecule is C=CCN1C(=O)[C@]2(O[C@H](CC(=O)N(CCO)Cc3ccccc3)C[C@@H]2C)c2ccccc21. The van der Waals surface area contributed by atoms with Crippen LogP contribution in [-0.2, 0) is 26.5 Å². The number of aliphatic hydroxyl groups is 1. The molecule has 0 aliphatic carbocycles. The molecule has 6 heteroatoms. The molecule has 2 heterocycles. The molecule has 0 unspecified atom stereocenters. The number of nitrogens with zero attached hydrogens (tertiary/aromatic N) is 2. The maximum Gasteiger partial charge on any atom is 0.264 e. The summed E-state index contributed by atoms with van der Waals surface area (Å²) in [6.07, 6.45) is 2.14. The van der Waals surface area contributed by atoms with Gasteiger partial charge in [0.05, 0.1) is 24.8 Å². The predicted molar refractivity (Wildman–Crippen MR) is 123 cm³/mol. The van der Waals surface area contributed by atoms with E-state index in [1.807, 2.05) is 61.5 Å². The molecule has 2 aliphatic rings. The molecule has 1 spiro atoms. The number of carbonyl (C=O) groups is 2. The van der Waals surface area contributed by atoms with E-state index < -0.39 is 5.60 Å². The molecular weight excluding hydrogens is 404 g/mol. The molecule has 2 amide bonds. The smallest absolute Gasteiger partial charge is 0.264 e. The van der Waals surface area contributed by atoms with Crippen LogP contribution in [-0.4, -0.2) is 47.6 Å². The van der Waals surface area contributed by atoms with E-state index in [0.29, 0.717) is 19.5 Å². The molecule has 1 fully saturated rings. The van der Waals surface area contributed by atoms with E-state index in [-0.39, 0.29) is 43.4 Å². The summed E-state index contributed by atoms with van der Waals surface area (Å²) in [7, 11) is 0. The Morgan fingerprint density at radius 2 is 1.97 bits per heavy atom. The number of hydrogen-bond donors (Lipinski definition) is 1. The first-order valence-electron chi connectivity index (χ1n) is 11.1. The summed E-state index contributed by atoms with van der Waals surface area (Å²) < 4.78 is 6.45. The third kappa shape index (κ3) is 3.85. The first-order valence-corrected chi connectivity index (χ1v) is 11.1. The van der Waals surface area contributed by atoms with E-state index in [9.17, 15) is 14.7 Å². The van der Waals surface area contributed by atoms with E-state index in [0.717, 1.165) is 16.8 Å². The molecule has 168 valence electrons. The van der Waals surface area contributed by atoms with E-state index in [4.69, 9.17) is 4.74 Å². The van der Waals surface area contributed by atoms with Gasteiger partial charge in [-0.1, -0.05) is 61.5 Å². The number of para-hydroxylation sites is 1. The highest BCUT2D eigenvalue weighted by Crippen LogP contribution is 2.53. The monoisotopic (exact) mass is 434 g/mol. The van der Waals surface area contributed by atoms with Gasteiger partial charge in [-0.25, -0.2) is 0 Å². The molecule has 0 aromatic heterocycles. The second-order valence-corrected chi connectivity index (χ2v) is 8.56. The van der Waals surface area contributed by atoms with Crippen LogP contribution in [0.5, 0.6) is 0 Å². The largest absolute Gasteiger partial charge is 0.395 e. The van der Waals surface area contributed by atoms with Crippen molar-refractivity contribution in [2.75, 3.05) is 24.6 Å². The summed E-state index contributed by atoms with van der Waals surface area (Å²) in [5.41, 5.74) is 1.66. The maximum atomic E-state index is 13.5. The van der Waals surface area contributed by atoms with Crippen LogP contribution in [0.15, 0.2) is 67.3 Å². The Morgan fingerprint density at radius 1 is 1.25 bits per heavy atom. The summed E-state index contributed by atoms with van der Waals surface area (Å²) >= 11 is 0. The molecule has 2 aromatic rings. The van der Waals surface area contributed by atoms with Crippen molar-refractivity contribution in [1.29, 1.82) is 0 Å². The number of ether oxygens (including phenoxy) is 1. The summed E-state index contributed by atoms with van der Waals surface area (Å²) in [5, 5.41) is 9.47. The maximum absolute atomic E-state index is 13.5. The van der Waals surface area contributed by atoms with Crippen molar-refractivity contribution in [2.24, 2.45) is 5.92 Å². The van der Waals surface area contributed by atoms with E-state index >= 15 is 0 Å². The molecule has 0 radical (unpaired) electrons. The topological polar surface area (TPSA) is 70.1 Å². The minimum Gasteiger partial charge on any atom is -0.395 e. The van der Waals surface area contributed by atoms with Gasteiger partial charge in [0.2, 0.25) is 5.91 Å². The highest BCUT2D eigenvalue weighted by atomic mass is 16.5. The fourth-order valence-electron chi connectivity index (χ4n) is 5.00. The number of carbonyl (C=O) groups excluding carboxylic acids is 2. The zero-order valence-corrected chi connectivity index (χ0v) is 18.4. The molecule has 3 atom stereocenters. The van der Waals surface area contributed by atoms with E-state index in [1.54, 1.807) is 15.9 Å². The van der Waals surface area contributed by atoms with Gasteiger partial charge >= 0.3 is 0 Å². The molecule has 6 nitrogen and oxygen atoms in total. The number of benzene rings is 2. The molecule has 4 rings (SSSR count). The van der Waals surface area contributed by atoms with Crippen LogP contribution in [0, 0.1) is 5.92 Å². The van der Waals surface area contributed by atoms with Crippen LogP contribution in [0.4, 0.5) is 5.69 Å². The molecule has 1 N–H and O–H groups in total. The number of hydrogen-bond acceptors (Lipinski definition) is 4. The first kappa shape index (κ1) is 22.2. The summed E-state index contributed by atoms with van der Waals surface area (Å²) in [5.74, 6) is -0.236. The van der Waals surface area contributed by atoms with Crippen LogP contribution < -0.4 is 4.90 Å². The Labute approximate surface area is 189 Å². The van der Waals surface area contributed by atoms with Gasteiger partial charge in [-0.15, -0.1) is 6.58 Å². The van der Waals surface area contributed by atoms with Gasteiger partial charge in [0, 0.05) is 31.1 Å². The van der Waals surface area contributed by atoms with Crippen molar-refractivity contribution in [3.05, 3.63) is 78.4 Å². The number of anilines is 1. The van der Waals surface area contributed by atoms with Crippen molar-refractivity contribution in [1.82, 2.24) is 4.90 Å². The fraction of sp³-hybridized carbons (Fsp3) is 0.385. The summed E-state index contributed by atoms with van der Waals surface area (Å²) in [6, 6.07) is 17.4. The normalized spacial score (nSPS) is 24.1. The zero-order valence-electron chi connectivity index (χ0n) is 18.4. The minimum absolute atomic E-state index is 0.0656. The van der Waals surface area contributed by atoms with Crippen molar-refractivity contribution in [2.45, 2.75) is 38.0 Å². The third-order valence-corrected chi connectivity index (χ3v) is 6.47. The Hall–Kier alpha value is -2.96. The lowest BCUT2D eigenvalue weighted by Gasteiger charge is -2.28. The van der Waals surface area contributed by atoms with Gasteiger partial charge in [0.1, 0.15) is 0 Å². The molecule has 2 aliphatic heterocycles. The van der Waals surface area contributed by atoms with Crippen molar-refractivity contribution in [3.63, 3.8) is 0 Å². The average Bonchev–Trinajstić information content (AvgIpc) is 3.24. The summed E-state index contributed by atoms with van der Waals surface area (Å²) in [4.78, 5) is 30.0. The molecule has 0 bridgehead atoms. The van der Waals surface area contributed by atoms with Gasteiger partial charge in [0.25, 0.3) is 5.91 Å². The van der Waals surface area contributed by atoms with Crippen molar-refractivity contribution >= 4 is 17.5 Å². The average molecular weight is 435 g/mol. The lowest BCUT2D eigenvalue weighted by Crippen LogP contribution is -2.44. The number of rotatable bonds is 8. The minimum atomic E-state index is -1.06. The van der Waals surface area contributed by atoms with Crippen molar-refractivity contribution < 1.29 is 19.4 Å². The molecule has 2 aromatic carbocycles. The molecule has 0 saturated carbocycles. The predicted octanol–water partition coefficient (Wildman–Crippen LogP) is 3.25. The third-order valence-electron chi connectivity index (χ3n) is 6.47. The van der Waals surface area contributed by atoms with Crippen LogP contribution >= 0.6 is 0 Å². The number of amides is 2. The highest BCUT2D eigenvalue weighted by Gasteiger charge is 2.60. The molecule has 32 heavy (non-hydrogen) atoms. The quantitative estimate of drug-likeness (QED) is 0.648. The zero-order chi connectivity index (χ0) is 22.7. The first-order chi connectivity index (χ1) is 15.5. The number of aliphatic hydroxyl groups excluding tert-OH is 1. The van der Waals surface area contributed by atoms with Gasteiger partial charge in [-0.3, -0.25) is 9.59 Å². The van der Waals surface area contributed by atoms with E-state index in [2.05, 4.69) is 6.58 Å². The van der Waals surface area contributed by atoms with Crippen LogP contribution in [0.1, 0.15) is 30.9 Å². The van der Waals surface area contributed by atoms with Crippen LogP contribution in [0.2, 0.25) is 0 Å². The Kier molecular flexibility index (Phi) is 6.44.